The van der Waals surface area contributed by atoms with Gasteiger partial charge in [0.2, 0.25) is 0 Å². The van der Waals surface area contributed by atoms with Crippen molar-refractivity contribution in [2.45, 2.75) is 6.18 Å². The maximum atomic E-state index is 12.8. The quantitative estimate of drug-likeness (QED) is 0.621. The van der Waals surface area contributed by atoms with Gasteiger partial charge in [0, 0.05) is 10.0 Å². The van der Waals surface area contributed by atoms with Crippen molar-refractivity contribution in [2.24, 2.45) is 5.10 Å². The molecule has 0 unspecified atom stereocenters. The van der Waals surface area contributed by atoms with Crippen LogP contribution in [-0.4, -0.2) is 6.21 Å². The van der Waals surface area contributed by atoms with Crippen LogP contribution in [0.5, 0.6) is 0 Å². The van der Waals surface area contributed by atoms with Crippen molar-refractivity contribution < 1.29 is 13.2 Å². The SMILES string of the molecule is FC(F)(F)c1ccccc1N/N=C/c1ccccc1Br. The zero-order valence-corrected chi connectivity index (χ0v) is 11.7. The Morgan fingerprint density at radius 1 is 1.00 bits per heavy atom. The Morgan fingerprint density at radius 3 is 2.35 bits per heavy atom. The largest absolute Gasteiger partial charge is 0.418 e. The summed E-state index contributed by atoms with van der Waals surface area (Å²) in [6.45, 7) is 0. The molecule has 0 fully saturated rings. The van der Waals surface area contributed by atoms with Crippen LogP contribution in [0.1, 0.15) is 11.1 Å². The molecular formula is C14H10BrF3N2. The first-order valence-electron chi connectivity index (χ1n) is 5.68. The summed E-state index contributed by atoms with van der Waals surface area (Å²) in [5, 5.41) is 3.84. The number of benzene rings is 2. The maximum absolute atomic E-state index is 12.8. The van der Waals surface area contributed by atoms with Crippen LogP contribution in [0.15, 0.2) is 58.1 Å². The highest BCUT2D eigenvalue weighted by molar-refractivity contribution is 9.10. The van der Waals surface area contributed by atoms with E-state index in [9.17, 15) is 13.2 Å². The Balaban J connectivity index is 2.18. The van der Waals surface area contributed by atoms with E-state index in [1.54, 1.807) is 6.07 Å². The standard InChI is InChI=1S/C14H10BrF3N2/c15-12-7-3-1-5-10(12)9-19-20-13-8-4-2-6-11(13)14(16,17)18/h1-9,20H/b19-9+. The van der Waals surface area contributed by atoms with E-state index in [1.807, 2.05) is 18.2 Å². The van der Waals surface area contributed by atoms with Gasteiger partial charge < -0.3 is 0 Å². The second-order valence-corrected chi connectivity index (χ2v) is 4.79. The lowest BCUT2D eigenvalue weighted by molar-refractivity contribution is -0.136. The third kappa shape index (κ3) is 3.60. The summed E-state index contributed by atoms with van der Waals surface area (Å²) in [4.78, 5) is 0. The average molecular weight is 343 g/mol. The molecule has 0 amide bonds. The second kappa shape index (κ2) is 6.09. The minimum atomic E-state index is -4.41. The van der Waals surface area contributed by atoms with Gasteiger partial charge in [0.05, 0.1) is 17.5 Å². The van der Waals surface area contributed by atoms with E-state index in [2.05, 4.69) is 26.5 Å². The number of nitrogens with one attached hydrogen (secondary N) is 1. The van der Waals surface area contributed by atoms with Crippen LogP contribution in [0.2, 0.25) is 0 Å². The summed E-state index contributed by atoms with van der Waals surface area (Å²) in [7, 11) is 0. The lowest BCUT2D eigenvalue weighted by Gasteiger charge is -2.11. The summed E-state index contributed by atoms with van der Waals surface area (Å²) < 4.78 is 39.1. The van der Waals surface area contributed by atoms with Crippen LogP contribution >= 0.6 is 15.9 Å². The molecule has 1 N–H and O–H groups in total. The first-order valence-corrected chi connectivity index (χ1v) is 6.47. The molecule has 0 radical (unpaired) electrons. The molecule has 2 rings (SSSR count). The van der Waals surface area contributed by atoms with Crippen molar-refractivity contribution in [3.05, 3.63) is 64.1 Å². The van der Waals surface area contributed by atoms with Crippen LogP contribution in [-0.2, 0) is 6.18 Å². The van der Waals surface area contributed by atoms with E-state index in [0.29, 0.717) is 0 Å². The van der Waals surface area contributed by atoms with Crippen LogP contribution < -0.4 is 5.43 Å². The third-order valence-electron chi connectivity index (χ3n) is 2.53. The molecule has 0 aromatic heterocycles. The molecule has 0 saturated carbocycles. The predicted molar refractivity (Wildman–Crippen MR) is 76.8 cm³/mol. The van der Waals surface area contributed by atoms with E-state index >= 15 is 0 Å². The van der Waals surface area contributed by atoms with Crippen LogP contribution in [0.25, 0.3) is 0 Å². The van der Waals surface area contributed by atoms with Gasteiger partial charge in [-0.15, -0.1) is 0 Å². The van der Waals surface area contributed by atoms with E-state index < -0.39 is 11.7 Å². The second-order valence-electron chi connectivity index (χ2n) is 3.93. The minimum absolute atomic E-state index is 0.0803. The van der Waals surface area contributed by atoms with Crippen molar-refractivity contribution in [3.8, 4) is 0 Å². The van der Waals surface area contributed by atoms with Crippen molar-refractivity contribution in [3.63, 3.8) is 0 Å². The summed E-state index contributed by atoms with van der Waals surface area (Å²) in [5.41, 5.74) is 2.37. The summed E-state index contributed by atoms with van der Waals surface area (Å²) in [6, 6.07) is 12.5. The molecule has 2 nitrogen and oxygen atoms in total. The van der Waals surface area contributed by atoms with E-state index in [0.717, 1.165) is 16.1 Å². The van der Waals surface area contributed by atoms with Gasteiger partial charge >= 0.3 is 6.18 Å². The molecule has 0 aliphatic heterocycles. The summed E-state index contributed by atoms with van der Waals surface area (Å²) in [5.74, 6) is 0. The Hall–Kier alpha value is -1.82. The van der Waals surface area contributed by atoms with Crippen LogP contribution in [0, 0.1) is 0 Å². The molecule has 104 valence electrons. The topological polar surface area (TPSA) is 24.4 Å². The molecule has 0 saturated heterocycles. The highest BCUT2D eigenvalue weighted by Crippen LogP contribution is 2.34. The fourth-order valence-electron chi connectivity index (χ4n) is 1.58. The number of alkyl halides is 3. The molecular weight excluding hydrogens is 333 g/mol. The molecule has 0 bridgehead atoms. The first-order chi connectivity index (χ1) is 9.48. The fourth-order valence-corrected chi connectivity index (χ4v) is 1.97. The number of hydrogen-bond donors (Lipinski definition) is 1. The maximum Gasteiger partial charge on any atom is 0.418 e. The molecule has 2 aromatic carbocycles. The van der Waals surface area contributed by atoms with Crippen molar-refractivity contribution >= 4 is 27.8 Å². The van der Waals surface area contributed by atoms with Gasteiger partial charge in [-0.1, -0.05) is 46.3 Å². The molecule has 0 atom stereocenters. The number of hydrazone groups is 1. The van der Waals surface area contributed by atoms with Crippen molar-refractivity contribution in [1.29, 1.82) is 0 Å². The highest BCUT2D eigenvalue weighted by atomic mass is 79.9. The number of halogens is 4. The van der Waals surface area contributed by atoms with E-state index in [1.165, 1.54) is 24.4 Å². The molecule has 0 aliphatic rings. The van der Waals surface area contributed by atoms with Gasteiger partial charge in [-0.05, 0) is 18.2 Å². The van der Waals surface area contributed by atoms with Crippen molar-refractivity contribution in [2.75, 3.05) is 5.43 Å². The van der Waals surface area contributed by atoms with E-state index in [-0.39, 0.29) is 5.69 Å². The molecule has 0 aliphatic carbocycles. The lowest BCUT2D eigenvalue weighted by atomic mass is 10.2. The predicted octanol–water partition coefficient (Wildman–Crippen LogP) is 4.91. The number of anilines is 1. The van der Waals surface area contributed by atoms with Gasteiger partial charge in [0.15, 0.2) is 0 Å². The molecule has 0 spiro atoms. The molecule has 0 heterocycles. The van der Waals surface area contributed by atoms with Crippen molar-refractivity contribution in [1.82, 2.24) is 0 Å². The van der Waals surface area contributed by atoms with Gasteiger partial charge in [0.25, 0.3) is 0 Å². The number of nitrogens with zero attached hydrogens (tertiary/aromatic N) is 1. The number of hydrogen-bond acceptors (Lipinski definition) is 2. The summed E-state index contributed by atoms with van der Waals surface area (Å²) in [6.07, 6.45) is -2.95. The third-order valence-corrected chi connectivity index (χ3v) is 3.25. The number of para-hydroxylation sites is 1. The highest BCUT2D eigenvalue weighted by Gasteiger charge is 2.33. The Bertz CT molecular complexity index is 624. The van der Waals surface area contributed by atoms with E-state index in [4.69, 9.17) is 0 Å². The minimum Gasteiger partial charge on any atom is -0.278 e. The molecule has 2 aromatic rings. The average Bonchev–Trinajstić information content (AvgIpc) is 2.40. The first kappa shape index (κ1) is 14.6. The smallest absolute Gasteiger partial charge is 0.278 e. The number of rotatable bonds is 3. The fraction of sp³-hybridized carbons (Fsp3) is 0.0714. The normalized spacial score (nSPS) is 11.8. The zero-order chi connectivity index (χ0) is 14.6. The van der Waals surface area contributed by atoms with Crippen LogP contribution in [0.3, 0.4) is 0 Å². The molecule has 6 heteroatoms. The van der Waals surface area contributed by atoms with Gasteiger partial charge in [-0.2, -0.15) is 18.3 Å². The summed E-state index contributed by atoms with van der Waals surface area (Å²) >= 11 is 3.33. The zero-order valence-electron chi connectivity index (χ0n) is 10.2. The van der Waals surface area contributed by atoms with Gasteiger partial charge in [-0.3, -0.25) is 5.43 Å². The Kier molecular flexibility index (Phi) is 4.44. The Labute approximate surface area is 122 Å². The monoisotopic (exact) mass is 342 g/mol. The van der Waals surface area contributed by atoms with Gasteiger partial charge in [-0.25, -0.2) is 0 Å². The molecule has 20 heavy (non-hydrogen) atoms. The van der Waals surface area contributed by atoms with Crippen LogP contribution in [0.4, 0.5) is 18.9 Å². The van der Waals surface area contributed by atoms with Gasteiger partial charge in [0.1, 0.15) is 0 Å². The Morgan fingerprint density at radius 2 is 1.65 bits per heavy atom. The lowest BCUT2D eigenvalue weighted by Crippen LogP contribution is -2.08.